The number of H-pyrrole nitrogens is 2. The minimum absolute atomic E-state index is 0.0493. The first-order chi connectivity index (χ1) is 17.9. The van der Waals surface area contributed by atoms with Crippen molar-refractivity contribution in [1.82, 2.24) is 25.1 Å². The predicted octanol–water partition coefficient (Wildman–Crippen LogP) is 7.13. The summed E-state index contributed by atoms with van der Waals surface area (Å²) in [6, 6.07) is 12.9. The molecule has 188 valence electrons. The summed E-state index contributed by atoms with van der Waals surface area (Å²) in [7, 11) is 0. The highest BCUT2D eigenvalue weighted by Crippen LogP contribution is 2.35. The maximum absolute atomic E-state index is 4.69. The molecule has 0 saturated carbocycles. The number of hydrogen-bond acceptors (Lipinski definition) is 5. The molecule has 0 unspecified atom stereocenters. The van der Waals surface area contributed by atoms with Gasteiger partial charge in [-0.05, 0) is 49.6 Å². The number of aromatic nitrogens is 5. The Morgan fingerprint density at radius 3 is 2.62 bits per heavy atom. The fraction of sp³-hybridized carbons (Fsp3) is 0.300. The number of pyridine rings is 2. The molecule has 3 N–H and O–H groups in total. The van der Waals surface area contributed by atoms with E-state index in [1.807, 2.05) is 18.6 Å². The second-order valence-electron chi connectivity index (χ2n) is 11.0. The highest BCUT2D eigenvalue weighted by molar-refractivity contribution is 6.00. The molecule has 1 fully saturated rings. The molecule has 0 aliphatic carbocycles. The van der Waals surface area contributed by atoms with Crippen molar-refractivity contribution < 1.29 is 0 Å². The van der Waals surface area contributed by atoms with Crippen molar-refractivity contribution in [3.8, 4) is 22.6 Å². The molecule has 5 heterocycles. The first kappa shape index (κ1) is 23.3. The fourth-order valence-electron chi connectivity index (χ4n) is 4.97. The Bertz CT molecular complexity index is 1600. The molecule has 1 saturated heterocycles. The van der Waals surface area contributed by atoms with Crippen LogP contribution >= 0.6 is 0 Å². The molecule has 1 aromatic carbocycles. The molecule has 0 spiro atoms. The molecule has 0 bridgehead atoms. The van der Waals surface area contributed by atoms with Gasteiger partial charge in [-0.2, -0.15) is 5.10 Å². The van der Waals surface area contributed by atoms with E-state index in [1.54, 1.807) is 0 Å². The Balaban J connectivity index is 1.37. The van der Waals surface area contributed by atoms with E-state index in [-0.39, 0.29) is 5.41 Å². The monoisotopic (exact) mass is 491 g/mol. The van der Waals surface area contributed by atoms with Gasteiger partial charge in [0.15, 0.2) is 0 Å². The van der Waals surface area contributed by atoms with Crippen molar-refractivity contribution in [2.45, 2.75) is 40.0 Å². The van der Waals surface area contributed by atoms with Crippen molar-refractivity contribution in [3.63, 3.8) is 0 Å². The summed E-state index contributed by atoms with van der Waals surface area (Å²) in [4.78, 5) is 15.3. The maximum atomic E-state index is 4.69. The van der Waals surface area contributed by atoms with Gasteiger partial charge >= 0.3 is 0 Å². The van der Waals surface area contributed by atoms with E-state index in [0.717, 1.165) is 63.5 Å². The Morgan fingerprint density at radius 2 is 1.81 bits per heavy atom. The first-order valence-corrected chi connectivity index (χ1v) is 13.0. The zero-order valence-corrected chi connectivity index (χ0v) is 21.7. The Morgan fingerprint density at radius 1 is 0.973 bits per heavy atom. The van der Waals surface area contributed by atoms with Crippen LogP contribution < -0.4 is 10.2 Å². The molecule has 0 amide bonds. The molecule has 7 nitrogen and oxygen atoms in total. The van der Waals surface area contributed by atoms with Crippen LogP contribution in [-0.4, -0.2) is 38.2 Å². The zero-order valence-electron chi connectivity index (χ0n) is 21.7. The van der Waals surface area contributed by atoms with Gasteiger partial charge < -0.3 is 15.2 Å². The topological polar surface area (TPSA) is 85.5 Å². The molecule has 0 radical (unpaired) electrons. The standard InChI is InChI=1S/C30H33N7/c1-19(30(2,3)4)33-21-13-20(16-31-17-21)25-15-23-27(18-32-25)35-36-29(23)26-14-22-24(34-26)9-8-10-28(22)37-11-6-5-7-12-37/h8-10,13-18,33-34H,1,5-7,11-12H2,2-4H3,(H,35,36). The van der Waals surface area contributed by atoms with Crippen molar-refractivity contribution in [2.24, 2.45) is 5.41 Å². The van der Waals surface area contributed by atoms with Crippen molar-refractivity contribution >= 4 is 33.2 Å². The van der Waals surface area contributed by atoms with Gasteiger partial charge in [-0.25, -0.2) is 0 Å². The van der Waals surface area contributed by atoms with E-state index in [2.05, 4.69) is 94.1 Å². The zero-order chi connectivity index (χ0) is 25.6. The van der Waals surface area contributed by atoms with E-state index in [0.29, 0.717) is 0 Å². The van der Waals surface area contributed by atoms with Crippen LogP contribution in [-0.2, 0) is 0 Å². The Kier molecular flexibility index (Phi) is 5.71. The van der Waals surface area contributed by atoms with Crippen LogP contribution in [0.4, 0.5) is 11.4 Å². The van der Waals surface area contributed by atoms with Crippen LogP contribution in [0.1, 0.15) is 40.0 Å². The third-order valence-corrected chi connectivity index (χ3v) is 7.27. The molecular formula is C30H33N7. The molecule has 1 aliphatic heterocycles. The lowest BCUT2D eigenvalue weighted by Crippen LogP contribution is -2.29. The van der Waals surface area contributed by atoms with Crippen LogP contribution in [0.5, 0.6) is 0 Å². The fourth-order valence-corrected chi connectivity index (χ4v) is 4.97. The lowest BCUT2D eigenvalue weighted by Gasteiger charge is -2.29. The largest absolute Gasteiger partial charge is 0.371 e. The number of rotatable bonds is 5. The van der Waals surface area contributed by atoms with E-state index >= 15 is 0 Å². The predicted molar refractivity (Wildman–Crippen MR) is 153 cm³/mol. The van der Waals surface area contributed by atoms with Gasteiger partial charge in [-0.3, -0.25) is 15.1 Å². The highest BCUT2D eigenvalue weighted by atomic mass is 15.1. The van der Waals surface area contributed by atoms with Crippen LogP contribution in [0, 0.1) is 5.41 Å². The summed E-state index contributed by atoms with van der Waals surface area (Å²) < 4.78 is 0. The number of piperidine rings is 1. The highest BCUT2D eigenvalue weighted by Gasteiger charge is 2.18. The number of nitrogens with zero attached hydrogens (tertiary/aromatic N) is 4. The van der Waals surface area contributed by atoms with Gasteiger partial charge in [-0.1, -0.05) is 33.4 Å². The normalized spacial score (nSPS) is 14.4. The number of benzene rings is 1. The number of anilines is 2. The van der Waals surface area contributed by atoms with Gasteiger partial charge in [0, 0.05) is 57.9 Å². The average molecular weight is 492 g/mol. The number of nitrogens with one attached hydrogen (secondary N) is 3. The quantitative estimate of drug-likeness (QED) is 0.243. The number of allylic oxidation sites excluding steroid dienone is 1. The summed E-state index contributed by atoms with van der Waals surface area (Å²) >= 11 is 0. The summed E-state index contributed by atoms with van der Waals surface area (Å²) in [6.07, 6.45) is 9.32. The first-order valence-electron chi connectivity index (χ1n) is 13.0. The Hall–Kier alpha value is -4.13. The summed E-state index contributed by atoms with van der Waals surface area (Å²) in [5.41, 5.74) is 8.79. The van der Waals surface area contributed by atoms with Crippen LogP contribution in [0.2, 0.25) is 0 Å². The molecule has 0 atom stereocenters. The minimum atomic E-state index is -0.0493. The number of fused-ring (bicyclic) bond motifs is 2. The molecule has 5 aromatic rings. The third kappa shape index (κ3) is 4.46. The summed E-state index contributed by atoms with van der Waals surface area (Å²) in [6.45, 7) is 12.8. The number of aromatic amines is 2. The van der Waals surface area contributed by atoms with Gasteiger partial charge in [0.25, 0.3) is 0 Å². The smallest absolute Gasteiger partial charge is 0.116 e. The second-order valence-corrected chi connectivity index (χ2v) is 11.0. The summed E-state index contributed by atoms with van der Waals surface area (Å²) in [5.74, 6) is 0. The van der Waals surface area contributed by atoms with Crippen molar-refractivity contribution in [3.05, 3.63) is 67.3 Å². The van der Waals surface area contributed by atoms with Gasteiger partial charge in [-0.15, -0.1) is 0 Å². The van der Waals surface area contributed by atoms with Gasteiger partial charge in [0.05, 0.1) is 35.0 Å². The van der Waals surface area contributed by atoms with Crippen molar-refractivity contribution in [2.75, 3.05) is 23.3 Å². The lowest BCUT2D eigenvalue weighted by molar-refractivity contribution is 0.509. The molecular weight excluding hydrogens is 458 g/mol. The molecule has 1 aliphatic rings. The average Bonchev–Trinajstić information content (AvgIpc) is 3.52. The molecule has 6 rings (SSSR count). The van der Waals surface area contributed by atoms with Crippen molar-refractivity contribution in [1.29, 1.82) is 0 Å². The Labute approximate surface area is 217 Å². The molecule has 37 heavy (non-hydrogen) atoms. The van der Waals surface area contributed by atoms with E-state index in [1.165, 1.54) is 30.3 Å². The van der Waals surface area contributed by atoms with Crippen LogP contribution in [0.3, 0.4) is 0 Å². The maximum Gasteiger partial charge on any atom is 0.116 e. The van der Waals surface area contributed by atoms with Crippen LogP contribution in [0.25, 0.3) is 44.5 Å². The van der Waals surface area contributed by atoms with Crippen LogP contribution in [0.15, 0.2) is 67.3 Å². The minimum Gasteiger partial charge on any atom is -0.371 e. The lowest BCUT2D eigenvalue weighted by atomic mass is 9.93. The SMILES string of the molecule is C=C(Nc1cncc(-c2cc3c(-c4cc5c(N6CCCCC6)cccc5[nH]4)n[nH]c3cn2)c1)C(C)(C)C. The second kappa shape index (κ2) is 9.07. The molecule has 7 heteroatoms. The van der Waals surface area contributed by atoms with Gasteiger partial charge in [0.1, 0.15) is 5.69 Å². The van der Waals surface area contributed by atoms with Gasteiger partial charge in [0.2, 0.25) is 0 Å². The summed E-state index contributed by atoms with van der Waals surface area (Å²) in [5, 5.41) is 13.5. The third-order valence-electron chi connectivity index (χ3n) is 7.27. The number of hydrogen-bond donors (Lipinski definition) is 3. The van der Waals surface area contributed by atoms with E-state index < -0.39 is 0 Å². The molecule has 4 aromatic heterocycles. The van der Waals surface area contributed by atoms with E-state index in [9.17, 15) is 0 Å². The van der Waals surface area contributed by atoms with E-state index in [4.69, 9.17) is 4.98 Å².